The van der Waals surface area contributed by atoms with E-state index in [1.807, 2.05) is 0 Å². The molecule has 25 heavy (non-hydrogen) atoms. The van der Waals surface area contributed by atoms with E-state index in [0.717, 1.165) is 11.3 Å². The molecule has 2 rings (SSSR count). The molecular weight excluding hydrogens is 346 g/mol. The van der Waals surface area contributed by atoms with Gasteiger partial charge in [0.05, 0.1) is 13.3 Å². The summed E-state index contributed by atoms with van der Waals surface area (Å²) in [7, 11) is 1.58. The summed E-state index contributed by atoms with van der Waals surface area (Å²) in [6, 6.07) is 13.4. The summed E-state index contributed by atoms with van der Waals surface area (Å²) in [6.07, 6.45) is 1.45. The molecule has 6 nitrogen and oxygen atoms in total. The number of hydrogen-bond acceptors (Lipinski definition) is 6. The number of carbonyl (C=O) groups is 2. The first-order chi connectivity index (χ1) is 12.1. The number of rotatable bonds is 8. The second-order valence-corrected chi connectivity index (χ2v) is 5.31. The van der Waals surface area contributed by atoms with Gasteiger partial charge in [0.2, 0.25) is 6.61 Å². The van der Waals surface area contributed by atoms with Gasteiger partial charge in [0.25, 0.3) is 0 Å². The lowest BCUT2D eigenvalue weighted by Crippen LogP contribution is -2.17. The van der Waals surface area contributed by atoms with Crippen LogP contribution in [0.5, 0.6) is 5.75 Å². The molecule has 7 heteroatoms. The zero-order valence-corrected chi connectivity index (χ0v) is 14.2. The van der Waals surface area contributed by atoms with Gasteiger partial charge in [-0.15, -0.1) is 0 Å². The molecule has 0 saturated heterocycles. The Morgan fingerprint density at radius 2 is 1.72 bits per heavy atom. The topological polar surface area (TPSA) is 74.2 Å². The molecule has 0 saturated carbocycles. The van der Waals surface area contributed by atoms with E-state index >= 15 is 0 Å². The molecular formula is C18H16ClNO5. The summed E-state index contributed by atoms with van der Waals surface area (Å²) < 4.78 is 9.87. The predicted octanol–water partition coefficient (Wildman–Crippen LogP) is 3.13. The summed E-state index contributed by atoms with van der Waals surface area (Å²) in [5.41, 5.74) is 1.20. The molecule has 0 aliphatic heterocycles. The number of carbonyl (C=O) groups excluding carboxylic acids is 2. The Bertz CT molecular complexity index is 741. The summed E-state index contributed by atoms with van der Waals surface area (Å²) >= 11 is 5.74. The van der Waals surface area contributed by atoms with Crippen molar-refractivity contribution in [3.63, 3.8) is 0 Å². The molecule has 0 heterocycles. The Morgan fingerprint density at radius 1 is 1.04 bits per heavy atom. The van der Waals surface area contributed by atoms with E-state index in [9.17, 15) is 9.59 Å². The van der Waals surface area contributed by atoms with Crippen LogP contribution < -0.4 is 4.74 Å². The van der Waals surface area contributed by atoms with Crippen LogP contribution in [0, 0.1) is 0 Å². The van der Waals surface area contributed by atoms with Crippen LogP contribution in [0.4, 0.5) is 0 Å². The van der Waals surface area contributed by atoms with Gasteiger partial charge in [-0.05, 0) is 54.1 Å². The van der Waals surface area contributed by atoms with E-state index in [1.54, 1.807) is 55.6 Å². The fraction of sp³-hybridized carbons (Fsp3) is 0.167. The fourth-order valence-corrected chi connectivity index (χ4v) is 1.91. The second kappa shape index (κ2) is 9.44. The third-order valence-corrected chi connectivity index (χ3v) is 3.36. The van der Waals surface area contributed by atoms with Crippen molar-refractivity contribution < 1.29 is 23.9 Å². The summed E-state index contributed by atoms with van der Waals surface area (Å²) in [4.78, 5) is 28.2. The minimum absolute atomic E-state index is 0.327. The Kier molecular flexibility index (Phi) is 6.98. The molecule has 0 N–H and O–H groups in total. The van der Waals surface area contributed by atoms with Crippen LogP contribution in [0.2, 0.25) is 5.02 Å². The molecule has 0 aliphatic carbocycles. The third-order valence-electron chi connectivity index (χ3n) is 3.10. The first-order valence-electron chi connectivity index (χ1n) is 7.32. The van der Waals surface area contributed by atoms with Gasteiger partial charge in [-0.1, -0.05) is 16.8 Å². The number of halogens is 1. The molecule has 0 unspecified atom stereocenters. The van der Waals surface area contributed by atoms with E-state index in [-0.39, 0.29) is 19.0 Å². The largest absolute Gasteiger partial charge is 0.497 e. The quantitative estimate of drug-likeness (QED) is 0.312. The predicted molar refractivity (Wildman–Crippen MR) is 93.3 cm³/mol. The Balaban J connectivity index is 1.70. The summed E-state index contributed by atoms with van der Waals surface area (Å²) in [6.45, 7) is -0.757. The van der Waals surface area contributed by atoms with E-state index in [0.29, 0.717) is 10.6 Å². The van der Waals surface area contributed by atoms with E-state index in [1.165, 1.54) is 6.21 Å². The molecule has 0 fully saturated rings. The number of esters is 1. The van der Waals surface area contributed by atoms with Crippen LogP contribution in [-0.4, -0.2) is 38.3 Å². The second-order valence-electron chi connectivity index (χ2n) is 4.87. The fourth-order valence-electron chi connectivity index (χ4n) is 1.78. The SMILES string of the molecule is COc1ccc(C=NOCC(=O)OCC(=O)c2ccc(Cl)cc2)cc1. The van der Waals surface area contributed by atoms with Crippen LogP contribution in [0.3, 0.4) is 0 Å². The molecule has 2 aromatic rings. The highest BCUT2D eigenvalue weighted by molar-refractivity contribution is 6.30. The monoisotopic (exact) mass is 361 g/mol. The standard InChI is InChI=1S/C18H16ClNO5/c1-23-16-8-2-13(3-9-16)10-20-25-12-18(22)24-11-17(21)14-4-6-15(19)7-5-14/h2-10H,11-12H2,1H3. The van der Waals surface area contributed by atoms with Crippen molar-refractivity contribution in [1.82, 2.24) is 0 Å². The van der Waals surface area contributed by atoms with Gasteiger partial charge in [-0.3, -0.25) is 4.79 Å². The summed E-state index contributed by atoms with van der Waals surface area (Å²) in [5, 5.41) is 4.19. The number of Topliss-reactive ketones (excluding diaryl/α,β-unsaturated/α-hetero) is 1. The van der Waals surface area contributed by atoms with Crippen molar-refractivity contribution in [2.45, 2.75) is 0 Å². The molecule has 0 spiro atoms. The van der Waals surface area contributed by atoms with Crippen LogP contribution in [0.1, 0.15) is 15.9 Å². The lowest BCUT2D eigenvalue weighted by atomic mass is 10.1. The number of ether oxygens (including phenoxy) is 2. The highest BCUT2D eigenvalue weighted by Crippen LogP contribution is 2.10. The van der Waals surface area contributed by atoms with Gasteiger partial charge in [0.1, 0.15) is 5.75 Å². The van der Waals surface area contributed by atoms with Crippen molar-refractivity contribution >= 4 is 29.6 Å². The molecule has 0 aliphatic rings. The van der Waals surface area contributed by atoms with Crippen LogP contribution >= 0.6 is 11.6 Å². The van der Waals surface area contributed by atoms with Crippen LogP contribution in [0.25, 0.3) is 0 Å². The number of nitrogens with zero attached hydrogens (tertiary/aromatic N) is 1. The molecule has 0 bridgehead atoms. The van der Waals surface area contributed by atoms with Gasteiger partial charge >= 0.3 is 5.97 Å². The van der Waals surface area contributed by atoms with E-state index < -0.39 is 5.97 Å². The Hall–Kier alpha value is -2.86. The normalized spacial score (nSPS) is 10.5. The lowest BCUT2D eigenvalue weighted by molar-refractivity contribution is -0.147. The zero-order valence-electron chi connectivity index (χ0n) is 13.5. The number of methoxy groups -OCH3 is 1. The van der Waals surface area contributed by atoms with Gasteiger partial charge in [0.15, 0.2) is 12.4 Å². The third kappa shape index (κ3) is 6.27. The van der Waals surface area contributed by atoms with Gasteiger partial charge in [0, 0.05) is 10.6 Å². The van der Waals surface area contributed by atoms with Crippen LogP contribution in [0.15, 0.2) is 53.7 Å². The molecule has 0 atom stereocenters. The molecule has 0 aromatic heterocycles. The molecule has 0 radical (unpaired) electrons. The van der Waals surface area contributed by atoms with Crippen molar-refractivity contribution in [3.05, 3.63) is 64.7 Å². The lowest BCUT2D eigenvalue weighted by Gasteiger charge is -2.04. The Morgan fingerprint density at radius 3 is 2.36 bits per heavy atom. The first kappa shape index (κ1) is 18.5. The number of hydrogen-bond donors (Lipinski definition) is 0. The van der Waals surface area contributed by atoms with E-state index in [2.05, 4.69) is 5.16 Å². The smallest absolute Gasteiger partial charge is 0.347 e. The van der Waals surface area contributed by atoms with Crippen molar-refractivity contribution in [2.24, 2.45) is 5.16 Å². The van der Waals surface area contributed by atoms with Gasteiger partial charge in [-0.2, -0.15) is 0 Å². The Labute approximate surface area is 149 Å². The highest BCUT2D eigenvalue weighted by atomic mass is 35.5. The maximum atomic E-state index is 11.8. The molecule has 2 aromatic carbocycles. The number of benzene rings is 2. The first-order valence-corrected chi connectivity index (χ1v) is 7.70. The number of oxime groups is 1. The van der Waals surface area contributed by atoms with Crippen molar-refractivity contribution in [3.8, 4) is 5.75 Å². The summed E-state index contributed by atoms with van der Waals surface area (Å²) in [5.74, 6) is -0.284. The highest BCUT2D eigenvalue weighted by Gasteiger charge is 2.10. The molecule has 130 valence electrons. The molecule has 0 amide bonds. The maximum absolute atomic E-state index is 11.8. The average molecular weight is 362 g/mol. The average Bonchev–Trinajstić information content (AvgIpc) is 2.64. The maximum Gasteiger partial charge on any atom is 0.347 e. The van der Waals surface area contributed by atoms with Crippen molar-refractivity contribution in [1.29, 1.82) is 0 Å². The van der Waals surface area contributed by atoms with Crippen LogP contribution in [-0.2, 0) is 14.4 Å². The zero-order chi connectivity index (χ0) is 18.1. The van der Waals surface area contributed by atoms with Crippen molar-refractivity contribution in [2.75, 3.05) is 20.3 Å². The minimum Gasteiger partial charge on any atom is -0.497 e. The number of ketones is 1. The minimum atomic E-state index is -0.686. The van der Waals surface area contributed by atoms with Gasteiger partial charge in [-0.25, -0.2) is 4.79 Å². The van der Waals surface area contributed by atoms with Gasteiger partial charge < -0.3 is 14.3 Å². The van der Waals surface area contributed by atoms with E-state index in [4.69, 9.17) is 25.9 Å².